The lowest BCUT2D eigenvalue weighted by atomic mass is 10.2. The van der Waals surface area contributed by atoms with Crippen LogP contribution in [0.4, 0.5) is 0 Å². The Morgan fingerprint density at radius 1 is 1.05 bits per heavy atom. The number of nitrogens with zero attached hydrogens (tertiary/aromatic N) is 2. The third-order valence-corrected chi connectivity index (χ3v) is 3.59. The maximum atomic E-state index is 5.35. The molecule has 0 spiro atoms. The van der Waals surface area contributed by atoms with Crippen molar-refractivity contribution >= 4 is 5.96 Å². The van der Waals surface area contributed by atoms with E-state index in [1.54, 1.807) is 0 Å². The molecule has 1 heterocycles. The largest absolute Gasteiger partial charge is 0.379 e. The average Bonchev–Trinajstić information content (AvgIpc) is 2.50. The van der Waals surface area contributed by atoms with E-state index >= 15 is 0 Å². The Kier molecular flexibility index (Phi) is 10.3. The minimum absolute atomic E-state index is 0.895. The molecule has 0 unspecified atom stereocenters. The van der Waals surface area contributed by atoms with Crippen LogP contribution in [0, 0.1) is 0 Å². The standard InChI is InChI=1S/C15H32N4O/c1-3-4-5-8-17-15(16-2)18-9-6-7-10-19-11-13-20-14-12-19/h3-14H2,1-2H3,(H2,16,17,18). The second kappa shape index (κ2) is 12.0. The molecule has 0 atom stereocenters. The van der Waals surface area contributed by atoms with Gasteiger partial charge >= 0.3 is 0 Å². The van der Waals surface area contributed by atoms with Crippen molar-refractivity contribution in [1.82, 2.24) is 15.5 Å². The van der Waals surface area contributed by atoms with E-state index in [4.69, 9.17) is 4.74 Å². The zero-order valence-electron chi connectivity index (χ0n) is 13.3. The van der Waals surface area contributed by atoms with Gasteiger partial charge in [0.05, 0.1) is 13.2 Å². The van der Waals surface area contributed by atoms with Gasteiger partial charge in [-0.2, -0.15) is 0 Å². The zero-order chi connectivity index (χ0) is 14.5. The second-order valence-corrected chi connectivity index (χ2v) is 5.29. The van der Waals surface area contributed by atoms with Crippen LogP contribution in [0.1, 0.15) is 39.0 Å². The van der Waals surface area contributed by atoms with Crippen molar-refractivity contribution in [2.24, 2.45) is 4.99 Å². The fraction of sp³-hybridized carbons (Fsp3) is 0.933. The van der Waals surface area contributed by atoms with Gasteiger partial charge in [-0.1, -0.05) is 19.8 Å². The van der Waals surface area contributed by atoms with Crippen molar-refractivity contribution < 1.29 is 4.74 Å². The van der Waals surface area contributed by atoms with E-state index < -0.39 is 0 Å². The topological polar surface area (TPSA) is 48.9 Å². The van der Waals surface area contributed by atoms with Crippen LogP contribution in [0.15, 0.2) is 4.99 Å². The summed E-state index contributed by atoms with van der Waals surface area (Å²) in [5, 5.41) is 6.74. The Labute approximate surface area is 124 Å². The number of rotatable bonds is 9. The van der Waals surface area contributed by atoms with Gasteiger partial charge in [0.15, 0.2) is 5.96 Å². The first kappa shape index (κ1) is 17.2. The SMILES string of the molecule is CCCCCNC(=NC)NCCCCN1CCOCC1. The fourth-order valence-corrected chi connectivity index (χ4v) is 2.29. The first-order valence-electron chi connectivity index (χ1n) is 8.11. The van der Waals surface area contributed by atoms with Gasteiger partial charge in [-0.25, -0.2) is 0 Å². The van der Waals surface area contributed by atoms with Gasteiger partial charge < -0.3 is 15.4 Å². The number of morpholine rings is 1. The summed E-state index contributed by atoms with van der Waals surface area (Å²) in [6.07, 6.45) is 6.18. The molecule has 0 radical (unpaired) electrons. The van der Waals surface area contributed by atoms with Crippen LogP contribution in [0.2, 0.25) is 0 Å². The maximum absolute atomic E-state index is 5.35. The molecule has 0 aromatic rings. The number of unbranched alkanes of at least 4 members (excludes halogenated alkanes) is 3. The summed E-state index contributed by atoms with van der Waals surface area (Å²) in [7, 11) is 1.84. The summed E-state index contributed by atoms with van der Waals surface area (Å²) in [5.41, 5.74) is 0. The summed E-state index contributed by atoms with van der Waals surface area (Å²) >= 11 is 0. The van der Waals surface area contributed by atoms with Gasteiger partial charge in [-0.05, 0) is 25.8 Å². The number of hydrogen-bond acceptors (Lipinski definition) is 3. The Morgan fingerprint density at radius 2 is 1.70 bits per heavy atom. The van der Waals surface area contributed by atoms with Crippen molar-refractivity contribution in [3.63, 3.8) is 0 Å². The van der Waals surface area contributed by atoms with Crippen LogP contribution in [-0.4, -0.2) is 63.8 Å². The van der Waals surface area contributed by atoms with Crippen molar-refractivity contribution in [3.8, 4) is 0 Å². The van der Waals surface area contributed by atoms with Crippen molar-refractivity contribution in [2.45, 2.75) is 39.0 Å². The number of guanidine groups is 1. The van der Waals surface area contributed by atoms with E-state index in [-0.39, 0.29) is 0 Å². The van der Waals surface area contributed by atoms with Crippen LogP contribution >= 0.6 is 0 Å². The molecule has 0 aliphatic carbocycles. The summed E-state index contributed by atoms with van der Waals surface area (Å²) in [4.78, 5) is 6.73. The van der Waals surface area contributed by atoms with E-state index in [0.717, 1.165) is 45.4 Å². The molecule has 118 valence electrons. The second-order valence-electron chi connectivity index (χ2n) is 5.29. The Balaban J connectivity index is 1.95. The molecule has 1 saturated heterocycles. The first-order chi connectivity index (χ1) is 9.86. The van der Waals surface area contributed by atoms with Crippen LogP contribution in [0.5, 0.6) is 0 Å². The Hall–Kier alpha value is -0.810. The lowest BCUT2D eigenvalue weighted by Crippen LogP contribution is -2.39. The molecule has 1 aliphatic heterocycles. The molecule has 2 N–H and O–H groups in total. The Morgan fingerprint density at radius 3 is 2.30 bits per heavy atom. The quantitative estimate of drug-likeness (QED) is 0.382. The molecule has 1 aliphatic rings. The summed E-state index contributed by atoms with van der Waals surface area (Å²) in [6, 6.07) is 0. The van der Waals surface area contributed by atoms with Crippen LogP contribution < -0.4 is 10.6 Å². The van der Waals surface area contributed by atoms with Gasteiger partial charge in [0, 0.05) is 33.2 Å². The lowest BCUT2D eigenvalue weighted by Gasteiger charge is -2.26. The molecule has 5 nitrogen and oxygen atoms in total. The highest BCUT2D eigenvalue weighted by molar-refractivity contribution is 5.79. The first-order valence-corrected chi connectivity index (χ1v) is 8.11. The predicted molar refractivity (Wildman–Crippen MR) is 85.4 cm³/mol. The van der Waals surface area contributed by atoms with Gasteiger partial charge in [-0.3, -0.25) is 9.89 Å². The fourth-order valence-electron chi connectivity index (χ4n) is 2.29. The third kappa shape index (κ3) is 8.38. The van der Waals surface area contributed by atoms with Crippen molar-refractivity contribution in [3.05, 3.63) is 0 Å². The minimum Gasteiger partial charge on any atom is -0.379 e. The van der Waals surface area contributed by atoms with Crippen LogP contribution in [0.25, 0.3) is 0 Å². The molecular formula is C15H32N4O. The van der Waals surface area contributed by atoms with Gasteiger partial charge in [0.25, 0.3) is 0 Å². The van der Waals surface area contributed by atoms with Crippen LogP contribution in [0.3, 0.4) is 0 Å². The molecular weight excluding hydrogens is 252 g/mol. The molecule has 0 amide bonds. The predicted octanol–water partition coefficient (Wildman–Crippen LogP) is 1.45. The lowest BCUT2D eigenvalue weighted by molar-refractivity contribution is 0.0372. The molecule has 20 heavy (non-hydrogen) atoms. The van der Waals surface area contributed by atoms with Crippen molar-refractivity contribution in [2.75, 3.05) is 53.0 Å². The van der Waals surface area contributed by atoms with E-state index in [1.807, 2.05) is 7.05 Å². The maximum Gasteiger partial charge on any atom is 0.190 e. The average molecular weight is 284 g/mol. The van der Waals surface area contributed by atoms with Gasteiger partial charge in [0.1, 0.15) is 0 Å². The van der Waals surface area contributed by atoms with Gasteiger partial charge in [0.2, 0.25) is 0 Å². The van der Waals surface area contributed by atoms with Gasteiger partial charge in [-0.15, -0.1) is 0 Å². The summed E-state index contributed by atoms with van der Waals surface area (Å²) in [5.74, 6) is 0.937. The zero-order valence-corrected chi connectivity index (χ0v) is 13.3. The van der Waals surface area contributed by atoms with Crippen LogP contribution in [-0.2, 0) is 4.74 Å². The number of hydrogen-bond donors (Lipinski definition) is 2. The molecule has 5 heteroatoms. The number of nitrogens with one attached hydrogen (secondary N) is 2. The van der Waals surface area contributed by atoms with E-state index in [2.05, 4.69) is 27.4 Å². The normalized spacial score (nSPS) is 17.2. The minimum atomic E-state index is 0.895. The van der Waals surface area contributed by atoms with E-state index in [9.17, 15) is 0 Å². The molecule has 0 aromatic heterocycles. The molecule has 1 fully saturated rings. The number of aliphatic imine (C=N–C) groups is 1. The highest BCUT2D eigenvalue weighted by Crippen LogP contribution is 1.99. The third-order valence-electron chi connectivity index (χ3n) is 3.59. The highest BCUT2D eigenvalue weighted by atomic mass is 16.5. The molecule has 1 rings (SSSR count). The molecule has 0 saturated carbocycles. The summed E-state index contributed by atoms with van der Waals surface area (Å²) in [6.45, 7) is 9.40. The summed E-state index contributed by atoms with van der Waals surface area (Å²) < 4.78 is 5.35. The monoisotopic (exact) mass is 284 g/mol. The Bertz CT molecular complexity index is 252. The number of ether oxygens (including phenoxy) is 1. The smallest absolute Gasteiger partial charge is 0.190 e. The van der Waals surface area contributed by atoms with E-state index in [1.165, 1.54) is 38.6 Å². The molecule has 0 aromatic carbocycles. The van der Waals surface area contributed by atoms with Crippen molar-refractivity contribution in [1.29, 1.82) is 0 Å². The van der Waals surface area contributed by atoms with E-state index in [0.29, 0.717) is 0 Å². The highest BCUT2D eigenvalue weighted by Gasteiger charge is 2.08. The molecule has 0 bridgehead atoms.